The lowest BCUT2D eigenvalue weighted by Crippen LogP contribution is -2.39. The molecule has 1 aromatic carbocycles. The first-order chi connectivity index (χ1) is 12.3. The minimum atomic E-state index is -0.0370. The summed E-state index contributed by atoms with van der Waals surface area (Å²) in [6.45, 7) is 2.56. The molecule has 2 N–H and O–H groups in total. The average molecular weight is 335 g/mol. The van der Waals surface area contributed by atoms with Gasteiger partial charge in [0.1, 0.15) is 5.69 Å². The van der Waals surface area contributed by atoms with Gasteiger partial charge in [-0.05, 0) is 37.0 Å². The Morgan fingerprint density at radius 3 is 2.68 bits per heavy atom. The molecular weight excluding hydrogens is 314 g/mol. The number of carbonyl (C=O) groups excluding carboxylic acids is 1. The zero-order valence-electron chi connectivity index (χ0n) is 14.0. The molecule has 1 amide bonds. The number of fused-ring (bicyclic) bond motifs is 1. The van der Waals surface area contributed by atoms with Crippen molar-refractivity contribution in [1.29, 1.82) is 0 Å². The van der Waals surface area contributed by atoms with E-state index < -0.39 is 0 Å². The summed E-state index contributed by atoms with van der Waals surface area (Å²) in [7, 11) is 0. The molecule has 6 nitrogen and oxygen atoms in total. The van der Waals surface area contributed by atoms with Crippen molar-refractivity contribution in [2.75, 3.05) is 24.5 Å². The number of hydrogen-bond acceptors (Lipinski definition) is 4. The molecule has 0 unspecified atom stereocenters. The van der Waals surface area contributed by atoms with Gasteiger partial charge < -0.3 is 15.2 Å². The van der Waals surface area contributed by atoms with Gasteiger partial charge in [-0.1, -0.05) is 18.2 Å². The van der Waals surface area contributed by atoms with Gasteiger partial charge in [-0.2, -0.15) is 0 Å². The second-order valence-electron chi connectivity index (χ2n) is 6.46. The maximum Gasteiger partial charge on any atom is 0.267 e. The van der Waals surface area contributed by atoms with Gasteiger partial charge in [-0.15, -0.1) is 0 Å². The first kappa shape index (κ1) is 15.6. The number of piperidine rings is 1. The smallest absolute Gasteiger partial charge is 0.267 e. The third-order valence-electron chi connectivity index (χ3n) is 4.78. The molecule has 0 saturated carbocycles. The van der Waals surface area contributed by atoms with Gasteiger partial charge in [-0.25, -0.2) is 9.97 Å². The number of hydrogen-bond donors (Lipinski definition) is 2. The first-order valence-corrected chi connectivity index (χ1v) is 8.67. The van der Waals surface area contributed by atoms with Crippen LogP contribution in [0, 0.1) is 5.92 Å². The Balaban J connectivity index is 1.29. The Morgan fingerprint density at radius 1 is 1.16 bits per heavy atom. The van der Waals surface area contributed by atoms with Crippen molar-refractivity contribution in [3.8, 4) is 0 Å². The Bertz CT molecular complexity index is 819. The van der Waals surface area contributed by atoms with Crippen LogP contribution in [0.5, 0.6) is 0 Å². The summed E-state index contributed by atoms with van der Waals surface area (Å²) in [4.78, 5) is 26.4. The largest absolute Gasteiger partial charge is 0.351 e. The van der Waals surface area contributed by atoms with Crippen LogP contribution >= 0.6 is 0 Å². The highest BCUT2D eigenvalue weighted by Crippen LogP contribution is 2.20. The highest BCUT2D eigenvalue weighted by Gasteiger charge is 2.21. The van der Waals surface area contributed by atoms with E-state index in [1.165, 1.54) is 0 Å². The lowest BCUT2D eigenvalue weighted by atomic mass is 9.97. The molecular formula is C19H21N5O. The fourth-order valence-corrected chi connectivity index (χ4v) is 3.32. The third-order valence-corrected chi connectivity index (χ3v) is 4.78. The standard InChI is InChI=1S/C19H21N5O/c25-18(17-12-15-4-1-2-5-16(15)23-17)22-13-14-6-10-24(11-7-14)19-20-8-3-9-21-19/h1-5,8-9,12,14,23H,6-7,10-11,13H2,(H,22,25). The van der Waals surface area contributed by atoms with Gasteiger partial charge in [0, 0.05) is 42.9 Å². The highest BCUT2D eigenvalue weighted by atomic mass is 16.1. The quantitative estimate of drug-likeness (QED) is 0.768. The molecule has 2 aromatic heterocycles. The molecule has 1 fully saturated rings. The Labute approximate surface area is 146 Å². The zero-order valence-corrected chi connectivity index (χ0v) is 14.0. The molecule has 25 heavy (non-hydrogen) atoms. The summed E-state index contributed by atoms with van der Waals surface area (Å²) in [5, 5.41) is 4.12. The van der Waals surface area contributed by atoms with Crippen LogP contribution in [0.2, 0.25) is 0 Å². The molecule has 1 saturated heterocycles. The molecule has 1 aliphatic rings. The summed E-state index contributed by atoms with van der Waals surface area (Å²) in [6, 6.07) is 11.7. The van der Waals surface area contributed by atoms with Gasteiger partial charge in [0.2, 0.25) is 5.95 Å². The number of carbonyl (C=O) groups is 1. The topological polar surface area (TPSA) is 73.9 Å². The summed E-state index contributed by atoms with van der Waals surface area (Å²) >= 11 is 0. The predicted molar refractivity (Wildman–Crippen MR) is 97.6 cm³/mol. The minimum absolute atomic E-state index is 0.0370. The number of amides is 1. The van der Waals surface area contributed by atoms with Gasteiger partial charge >= 0.3 is 0 Å². The lowest BCUT2D eigenvalue weighted by molar-refractivity contribution is 0.0940. The van der Waals surface area contributed by atoms with Gasteiger partial charge in [0.15, 0.2) is 0 Å². The number of benzene rings is 1. The maximum absolute atomic E-state index is 12.4. The fraction of sp³-hybridized carbons (Fsp3) is 0.316. The molecule has 4 rings (SSSR count). The number of rotatable bonds is 4. The molecule has 0 atom stereocenters. The summed E-state index contributed by atoms with van der Waals surface area (Å²) in [5.41, 5.74) is 1.61. The molecule has 0 spiro atoms. The summed E-state index contributed by atoms with van der Waals surface area (Å²) < 4.78 is 0. The van der Waals surface area contributed by atoms with E-state index in [0.717, 1.165) is 42.8 Å². The molecule has 0 bridgehead atoms. The van der Waals surface area contributed by atoms with E-state index in [0.29, 0.717) is 18.2 Å². The normalized spacial score (nSPS) is 15.4. The van der Waals surface area contributed by atoms with Crippen LogP contribution in [0.3, 0.4) is 0 Å². The van der Waals surface area contributed by atoms with E-state index in [4.69, 9.17) is 0 Å². The molecule has 0 aliphatic carbocycles. The predicted octanol–water partition coefficient (Wildman–Crippen LogP) is 2.60. The van der Waals surface area contributed by atoms with Crippen LogP contribution in [0.25, 0.3) is 10.9 Å². The number of aromatic nitrogens is 3. The van der Waals surface area contributed by atoms with Crippen LogP contribution in [-0.4, -0.2) is 40.5 Å². The van der Waals surface area contributed by atoms with E-state index >= 15 is 0 Å². The molecule has 0 radical (unpaired) electrons. The van der Waals surface area contributed by atoms with Gasteiger partial charge in [0.05, 0.1) is 0 Å². The molecule has 1 aliphatic heterocycles. The van der Waals surface area contributed by atoms with Crippen molar-refractivity contribution >= 4 is 22.8 Å². The fourth-order valence-electron chi connectivity index (χ4n) is 3.32. The number of para-hydroxylation sites is 1. The van der Waals surface area contributed by atoms with Gasteiger partial charge in [0.25, 0.3) is 5.91 Å². The SMILES string of the molecule is O=C(NCC1CCN(c2ncccn2)CC1)c1cc2ccccc2[nH]1. The number of anilines is 1. The van der Waals surface area contributed by atoms with E-state index in [1.807, 2.05) is 36.4 Å². The monoisotopic (exact) mass is 335 g/mol. The number of nitrogens with zero attached hydrogens (tertiary/aromatic N) is 3. The molecule has 6 heteroatoms. The van der Waals surface area contributed by atoms with E-state index in [2.05, 4.69) is 25.2 Å². The van der Waals surface area contributed by atoms with Crippen LogP contribution in [0.15, 0.2) is 48.8 Å². The highest BCUT2D eigenvalue weighted by molar-refractivity contribution is 5.97. The van der Waals surface area contributed by atoms with Crippen LogP contribution < -0.4 is 10.2 Å². The number of nitrogens with one attached hydrogen (secondary N) is 2. The summed E-state index contributed by atoms with van der Waals surface area (Å²) in [5.74, 6) is 1.25. The second kappa shape index (κ2) is 6.93. The van der Waals surface area contributed by atoms with Crippen LogP contribution in [0.4, 0.5) is 5.95 Å². The molecule has 128 valence electrons. The Kier molecular flexibility index (Phi) is 4.33. The Hall–Kier alpha value is -2.89. The van der Waals surface area contributed by atoms with Crippen molar-refractivity contribution in [3.63, 3.8) is 0 Å². The van der Waals surface area contributed by atoms with E-state index in [-0.39, 0.29) is 5.91 Å². The first-order valence-electron chi connectivity index (χ1n) is 8.67. The van der Waals surface area contributed by atoms with Crippen LogP contribution in [0.1, 0.15) is 23.3 Å². The van der Waals surface area contributed by atoms with Crippen molar-refractivity contribution in [1.82, 2.24) is 20.3 Å². The third kappa shape index (κ3) is 3.47. The minimum Gasteiger partial charge on any atom is -0.351 e. The van der Waals surface area contributed by atoms with Crippen LogP contribution in [-0.2, 0) is 0 Å². The average Bonchev–Trinajstić information content (AvgIpc) is 3.11. The number of H-pyrrole nitrogens is 1. The number of aromatic amines is 1. The van der Waals surface area contributed by atoms with Gasteiger partial charge in [-0.3, -0.25) is 4.79 Å². The zero-order chi connectivity index (χ0) is 17.1. The van der Waals surface area contributed by atoms with Crippen molar-refractivity contribution in [2.24, 2.45) is 5.92 Å². The Morgan fingerprint density at radius 2 is 1.92 bits per heavy atom. The van der Waals surface area contributed by atoms with Crippen molar-refractivity contribution in [2.45, 2.75) is 12.8 Å². The lowest BCUT2D eigenvalue weighted by Gasteiger charge is -2.31. The van der Waals surface area contributed by atoms with Crippen molar-refractivity contribution < 1.29 is 4.79 Å². The second-order valence-corrected chi connectivity index (χ2v) is 6.46. The van der Waals surface area contributed by atoms with Crippen molar-refractivity contribution in [3.05, 3.63) is 54.5 Å². The molecule has 3 heterocycles. The molecule has 3 aromatic rings. The van der Waals surface area contributed by atoms with E-state index in [1.54, 1.807) is 12.4 Å². The van der Waals surface area contributed by atoms with E-state index in [9.17, 15) is 4.79 Å². The maximum atomic E-state index is 12.4. The summed E-state index contributed by atoms with van der Waals surface area (Å²) in [6.07, 6.45) is 5.61.